The summed E-state index contributed by atoms with van der Waals surface area (Å²) in [5.41, 5.74) is 6.66. The Bertz CT molecular complexity index is 923. The fourth-order valence-corrected chi connectivity index (χ4v) is 2.51. The van der Waals surface area contributed by atoms with Gasteiger partial charge in [-0.15, -0.1) is 0 Å². The number of ketones is 1. The molecule has 0 saturated heterocycles. The Hall–Kier alpha value is -3.88. The molecule has 2 aromatic carbocycles. The average molecular weight is 413 g/mol. The number of nitrogens with one attached hydrogen (secondary N) is 1. The molecule has 1 amide bonds. The molecule has 9 heteroatoms. The molecule has 158 valence electrons. The Morgan fingerprint density at radius 3 is 2.17 bits per heavy atom. The Labute approximate surface area is 173 Å². The standard InChI is InChI=1S/C21H23N3O6/c1-3-29-18(25)12-30-17-10-8-14(9-11-17)19(26)13(2)23-21(27)16-6-4-15(5-7-16)20(22)24-28/h4-11,13,28H,3,12H2,1-2H3,(H2,22,24)(H,23,27). The van der Waals surface area contributed by atoms with Crippen LogP contribution in [0, 0.1) is 0 Å². The van der Waals surface area contributed by atoms with Crippen molar-refractivity contribution < 1.29 is 29.1 Å². The molecule has 4 N–H and O–H groups in total. The lowest BCUT2D eigenvalue weighted by molar-refractivity contribution is -0.145. The van der Waals surface area contributed by atoms with E-state index in [1.54, 1.807) is 38.1 Å². The quantitative estimate of drug-likeness (QED) is 0.142. The summed E-state index contributed by atoms with van der Waals surface area (Å²) >= 11 is 0. The van der Waals surface area contributed by atoms with Crippen LogP contribution in [0.5, 0.6) is 5.75 Å². The number of amides is 1. The first-order valence-corrected chi connectivity index (χ1v) is 9.17. The molecule has 1 atom stereocenters. The zero-order chi connectivity index (χ0) is 22.1. The molecule has 0 aliphatic heterocycles. The van der Waals surface area contributed by atoms with Gasteiger partial charge in [-0.3, -0.25) is 9.59 Å². The van der Waals surface area contributed by atoms with Crippen LogP contribution in [-0.2, 0) is 9.53 Å². The summed E-state index contributed by atoms with van der Waals surface area (Å²) in [6, 6.07) is 11.5. The first kappa shape index (κ1) is 22.4. The van der Waals surface area contributed by atoms with Crippen LogP contribution in [0.25, 0.3) is 0 Å². The van der Waals surface area contributed by atoms with Gasteiger partial charge in [-0.25, -0.2) is 4.79 Å². The zero-order valence-electron chi connectivity index (χ0n) is 16.6. The molecule has 0 radical (unpaired) electrons. The minimum Gasteiger partial charge on any atom is -0.482 e. The molecule has 0 aromatic heterocycles. The van der Waals surface area contributed by atoms with E-state index in [9.17, 15) is 14.4 Å². The number of esters is 1. The van der Waals surface area contributed by atoms with Crippen LogP contribution in [0.3, 0.4) is 0 Å². The van der Waals surface area contributed by atoms with Crippen LogP contribution in [-0.4, -0.2) is 48.0 Å². The van der Waals surface area contributed by atoms with Crippen molar-refractivity contribution in [2.45, 2.75) is 19.9 Å². The Balaban J connectivity index is 1.95. The average Bonchev–Trinajstić information content (AvgIpc) is 2.77. The van der Waals surface area contributed by atoms with E-state index in [-0.39, 0.29) is 24.8 Å². The molecular formula is C21H23N3O6. The van der Waals surface area contributed by atoms with Crippen molar-refractivity contribution in [3.63, 3.8) is 0 Å². The predicted molar refractivity (Wildman–Crippen MR) is 109 cm³/mol. The van der Waals surface area contributed by atoms with Gasteiger partial charge < -0.3 is 25.7 Å². The Morgan fingerprint density at radius 1 is 1.03 bits per heavy atom. The van der Waals surface area contributed by atoms with Gasteiger partial charge in [-0.05, 0) is 50.2 Å². The third-order valence-electron chi connectivity index (χ3n) is 4.09. The second-order valence-electron chi connectivity index (χ2n) is 6.24. The van der Waals surface area contributed by atoms with Crippen molar-refractivity contribution in [1.82, 2.24) is 5.32 Å². The highest BCUT2D eigenvalue weighted by Gasteiger charge is 2.18. The molecule has 0 spiro atoms. The van der Waals surface area contributed by atoms with Crippen LogP contribution >= 0.6 is 0 Å². The minimum absolute atomic E-state index is 0.0693. The van der Waals surface area contributed by atoms with Crippen molar-refractivity contribution in [1.29, 1.82) is 0 Å². The van der Waals surface area contributed by atoms with Crippen LogP contribution in [0.2, 0.25) is 0 Å². The van der Waals surface area contributed by atoms with Crippen LogP contribution < -0.4 is 15.8 Å². The van der Waals surface area contributed by atoms with Gasteiger partial charge in [0, 0.05) is 16.7 Å². The van der Waals surface area contributed by atoms with Crippen molar-refractivity contribution in [3.8, 4) is 5.75 Å². The zero-order valence-corrected chi connectivity index (χ0v) is 16.6. The SMILES string of the molecule is CCOC(=O)COc1ccc(C(=O)C(C)NC(=O)c2ccc(/C(N)=N/O)cc2)cc1. The van der Waals surface area contributed by atoms with Crippen molar-refractivity contribution in [3.05, 3.63) is 65.2 Å². The summed E-state index contributed by atoms with van der Waals surface area (Å²) in [4.78, 5) is 36.2. The third kappa shape index (κ3) is 6.06. The number of benzene rings is 2. The lowest BCUT2D eigenvalue weighted by atomic mass is 10.0. The second kappa shape index (κ2) is 10.6. The number of carbonyl (C=O) groups is 3. The van der Waals surface area contributed by atoms with Crippen LogP contribution in [0.1, 0.15) is 40.1 Å². The van der Waals surface area contributed by atoms with Gasteiger partial charge in [0.2, 0.25) is 0 Å². The van der Waals surface area contributed by atoms with Crippen molar-refractivity contribution in [2.24, 2.45) is 10.9 Å². The minimum atomic E-state index is -0.771. The molecule has 9 nitrogen and oxygen atoms in total. The molecule has 0 heterocycles. The number of nitrogens with zero attached hydrogens (tertiary/aromatic N) is 1. The highest BCUT2D eigenvalue weighted by Crippen LogP contribution is 2.14. The van der Waals surface area contributed by atoms with Gasteiger partial charge in [0.05, 0.1) is 12.6 Å². The number of oxime groups is 1. The molecule has 0 aliphatic carbocycles. The monoisotopic (exact) mass is 413 g/mol. The van der Waals surface area contributed by atoms with Gasteiger partial charge in [0.1, 0.15) is 5.75 Å². The first-order chi connectivity index (χ1) is 14.3. The number of amidine groups is 1. The van der Waals surface area contributed by atoms with Gasteiger partial charge in [0.25, 0.3) is 5.91 Å². The van der Waals surface area contributed by atoms with Gasteiger partial charge >= 0.3 is 5.97 Å². The number of hydrogen-bond donors (Lipinski definition) is 3. The summed E-state index contributed by atoms with van der Waals surface area (Å²) < 4.78 is 10.1. The van der Waals surface area contributed by atoms with E-state index in [1.165, 1.54) is 24.3 Å². The summed E-state index contributed by atoms with van der Waals surface area (Å²) in [5.74, 6) is -0.847. The first-order valence-electron chi connectivity index (χ1n) is 9.17. The van der Waals surface area contributed by atoms with E-state index in [1.807, 2.05) is 0 Å². The molecule has 30 heavy (non-hydrogen) atoms. The van der Waals surface area contributed by atoms with E-state index in [2.05, 4.69) is 10.5 Å². The normalized spacial score (nSPS) is 12.0. The number of carbonyl (C=O) groups excluding carboxylic acids is 3. The molecule has 1 unspecified atom stereocenters. The second-order valence-corrected chi connectivity index (χ2v) is 6.24. The van der Waals surface area contributed by atoms with E-state index in [4.69, 9.17) is 20.4 Å². The highest BCUT2D eigenvalue weighted by molar-refractivity contribution is 6.04. The number of Topliss-reactive ketones (excluding diaryl/α,β-unsaturated/α-hetero) is 1. The van der Waals surface area contributed by atoms with Crippen LogP contribution in [0.4, 0.5) is 0 Å². The summed E-state index contributed by atoms with van der Waals surface area (Å²) in [7, 11) is 0. The highest BCUT2D eigenvalue weighted by atomic mass is 16.6. The van der Waals surface area contributed by atoms with Gasteiger partial charge in [0.15, 0.2) is 18.2 Å². The maximum absolute atomic E-state index is 12.6. The predicted octanol–water partition coefficient (Wildman–Crippen LogP) is 1.72. The third-order valence-corrected chi connectivity index (χ3v) is 4.09. The smallest absolute Gasteiger partial charge is 0.344 e. The van der Waals surface area contributed by atoms with Gasteiger partial charge in [-0.1, -0.05) is 17.3 Å². The molecule has 0 aliphatic rings. The van der Waals surface area contributed by atoms with E-state index >= 15 is 0 Å². The fourth-order valence-electron chi connectivity index (χ4n) is 2.51. The fraction of sp³-hybridized carbons (Fsp3) is 0.238. The molecule has 0 fully saturated rings. The topological polar surface area (TPSA) is 140 Å². The maximum atomic E-state index is 12.6. The lowest BCUT2D eigenvalue weighted by Crippen LogP contribution is -2.38. The van der Waals surface area contributed by atoms with E-state index in [0.29, 0.717) is 22.4 Å². The van der Waals surface area contributed by atoms with Crippen molar-refractivity contribution in [2.75, 3.05) is 13.2 Å². The largest absolute Gasteiger partial charge is 0.482 e. The molecule has 2 aromatic rings. The van der Waals surface area contributed by atoms with Crippen molar-refractivity contribution >= 4 is 23.5 Å². The summed E-state index contributed by atoms with van der Waals surface area (Å²) in [5, 5.41) is 14.2. The molecule has 0 bridgehead atoms. The number of hydrogen-bond acceptors (Lipinski definition) is 7. The molecular weight excluding hydrogens is 390 g/mol. The Morgan fingerprint density at radius 2 is 1.60 bits per heavy atom. The van der Waals surface area contributed by atoms with E-state index < -0.39 is 17.9 Å². The Kier molecular flexibility index (Phi) is 7.92. The van der Waals surface area contributed by atoms with Crippen LogP contribution in [0.15, 0.2) is 53.7 Å². The number of rotatable bonds is 9. The van der Waals surface area contributed by atoms with E-state index in [0.717, 1.165) is 0 Å². The maximum Gasteiger partial charge on any atom is 0.344 e. The summed E-state index contributed by atoms with van der Waals surface area (Å²) in [6.07, 6.45) is 0. The molecule has 0 saturated carbocycles. The number of ether oxygens (including phenoxy) is 2. The molecule has 2 rings (SSSR count). The van der Waals surface area contributed by atoms with Gasteiger partial charge in [-0.2, -0.15) is 0 Å². The number of nitrogens with two attached hydrogens (primary N) is 1. The lowest BCUT2D eigenvalue weighted by Gasteiger charge is -2.14. The summed E-state index contributed by atoms with van der Waals surface area (Å²) in [6.45, 7) is 3.34.